The van der Waals surface area contributed by atoms with Crippen LogP contribution < -0.4 is 10.1 Å². The molecule has 0 saturated carbocycles. The number of benzene rings is 1. The van der Waals surface area contributed by atoms with Gasteiger partial charge in [0.15, 0.2) is 11.6 Å². The van der Waals surface area contributed by atoms with E-state index in [2.05, 4.69) is 5.32 Å². The van der Waals surface area contributed by atoms with Crippen molar-refractivity contribution in [1.29, 1.82) is 0 Å². The number of hydrogen-bond donors (Lipinski definition) is 2. The van der Waals surface area contributed by atoms with Crippen LogP contribution in [0.15, 0.2) is 24.3 Å². The van der Waals surface area contributed by atoms with Crippen molar-refractivity contribution < 1.29 is 33.6 Å². The first-order chi connectivity index (χ1) is 12.7. The highest BCUT2D eigenvalue weighted by Crippen LogP contribution is 2.33. The largest absolute Gasteiger partial charge is 0.463 e. The van der Waals surface area contributed by atoms with Gasteiger partial charge in [-0.15, -0.1) is 0 Å². The maximum absolute atomic E-state index is 11.6. The van der Waals surface area contributed by atoms with E-state index in [-0.39, 0.29) is 18.3 Å². The summed E-state index contributed by atoms with van der Waals surface area (Å²) in [5, 5.41) is 13.5. The zero-order chi connectivity index (χ0) is 19.8. The van der Waals surface area contributed by atoms with Crippen molar-refractivity contribution in [2.45, 2.75) is 64.1 Å². The van der Waals surface area contributed by atoms with Crippen LogP contribution in [0, 0.1) is 0 Å². The van der Waals surface area contributed by atoms with Crippen LogP contribution in [0.5, 0.6) is 5.75 Å². The molecular formula is C19H25NO7. The minimum Gasteiger partial charge on any atom is -0.463 e. The van der Waals surface area contributed by atoms with Crippen molar-refractivity contribution in [1.82, 2.24) is 5.32 Å². The van der Waals surface area contributed by atoms with Gasteiger partial charge in [0.05, 0.1) is 6.61 Å². The highest BCUT2D eigenvalue weighted by molar-refractivity contribution is 5.94. The van der Waals surface area contributed by atoms with E-state index in [1.54, 1.807) is 38.1 Å². The summed E-state index contributed by atoms with van der Waals surface area (Å²) in [6.45, 7) is 6.57. The molecule has 0 aromatic heterocycles. The molecule has 8 heteroatoms. The number of aliphatic hydroxyl groups excluding tert-OH is 1. The molecule has 1 aromatic rings. The predicted molar refractivity (Wildman–Crippen MR) is 94.3 cm³/mol. The van der Waals surface area contributed by atoms with Crippen LogP contribution in [0.2, 0.25) is 0 Å². The minimum absolute atomic E-state index is 0.0519. The van der Waals surface area contributed by atoms with E-state index in [1.165, 1.54) is 13.8 Å². The Morgan fingerprint density at radius 3 is 2.48 bits per heavy atom. The van der Waals surface area contributed by atoms with Gasteiger partial charge in [-0.2, -0.15) is 0 Å². The maximum Gasteiger partial charge on any atom is 0.223 e. The van der Waals surface area contributed by atoms with Crippen LogP contribution in [0.4, 0.5) is 0 Å². The summed E-state index contributed by atoms with van der Waals surface area (Å²) < 4.78 is 23.2. The molecule has 8 nitrogen and oxygen atoms in total. The number of rotatable bonds is 4. The lowest BCUT2D eigenvalue weighted by molar-refractivity contribution is -0.361. The maximum atomic E-state index is 11.6. The van der Waals surface area contributed by atoms with Crippen LogP contribution in [0.3, 0.4) is 0 Å². The molecule has 27 heavy (non-hydrogen) atoms. The molecule has 0 aliphatic carbocycles. The minimum atomic E-state index is -1.04. The van der Waals surface area contributed by atoms with Crippen LogP contribution in [0.1, 0.15) is 38.1 Å². The second-order valence-corrected chi connectivity index (χ2v) is 7.25. The van der Waals surface area contributed by atoms with Crippen LogP contribution >= 0.6 is 0 Å². The lowest BCUT2D eigenvalue weighted by atomic mass is 9.95. The second kappa shape index (κ2) is 7.55. The third-order valence-corrected chi connectivity index (χ3v) is 4.57. The monoisotopic (exact) mass is 379 g/mol. The molecule has 5 atom stereocenters. The van der Waals surface area contributed by atoms with Gasteiger partial charge in [0, 0.05) is 12.5 Å². The Labute approximate surface area is 157 Å². The fraction of sp³-hybridized carbons (Fsp3) is 0.579. The van der Waals surface area contributed by atoms with E-state index in [4.69, 9.17) is 18.9 Å². The number of hydrogen-bond acceptors (Lipinski definition) is 7. The average molecular weight is 379 g/mol. The number of nitrogens with one attached hydrogen (secondary N) is 1. The van der Waals surface area contributed by atoms with Crippen LogP contribution in [0.25, 0.3) is 0 Å². The van der Waals surface area contributed by atoms with Crippen molar-refractivity contribution >= 4 is 11.7 Å². The molecule has 2 aliphatic heterocycles. The highest BCUT2D eigenvalue weighted by atomic mass is 16.8. The molecule has 0 spiro atoms. The Bertz CT molecular complexity index is 703. The molecule has 2 fully saturated rings. The topological polar surface area (TPSA) is 103 Å². The normalized spacial score (nSPS) is 32.3. The summed E-state index contributed by atoms with van der Waals surface area (Å²) in [4.78, 5) is 23.0. The van der Waals surface area contributed by atoms with Crippen molar-refractivity contribution in [3.8, 4) is 5.75 Å². The Morgan fingerprint density at radius 1 is 1.22 bits per heavy atom. The molecule has 3 rings (SSSR count). The van der Waals surface area contributed by atoms with Gasteiger partial charge in [0.1, 0.15) is 30.1 Å². The van der Waals surface area contributed by atoms with Gasteiger partial charge in [0.2, 0.25) is 12.2 Å². The third-order valence-electron chi connectivity index (χ3n) is 4.57. The summed E-state index contributed by atoms with van der Waals surface area (Å²) in [6, 6.07) is 5.73. The Balaban J connectivity index is 1.79. The van der Waals surface area contributed by atoms with Crippen LogP contribution in [-0.2, 0) is 19.0 Å². The fourth-order valence-corrected chi connectivity index (χ4v) is 3.24. The zero-order valence-corrected chi connectivity index (χ0v) is 15.8. The zero-order valence-electron chi connectivity index (χ0n) is 15.8. The van der Waals surface area contributed by atoms with Crippen LogP contribution in [-0.4, -0.2) is 59.8 Å². The molecule has 0 radical (unpaired) electrons. The number of ether oxygens (including phenoxy) is 4. The molecule has 2 aliphatic rings. The van der Waals surface area contributed by atoms with Gasteiger partial charge in [0.25, 0.3) is 0 Å². The fourth-order valence-electron chi connectivity index (χ4n) is 3.24. The molecule has 2 saturated heterocycles. The van der Waals surface area contributed by atoms with Crippen molar-refractivity contribution in [3.63, 3.8) is 0 Å². The predicted octanol–water partition coefficient (Wildman–Crippen LogP) is 1.01. The molecule has 0 unspecified atom stereocenters. The molecule has 0 bridgehead atoms. The van der Waals surface area contributed by atoms with E-state index in [0.717, 1.165) is 0 Å². The molecule has 1 amide bonds. The quantitative estimate of drug-likeness (QED) is 0.753. The lowest BCUT2D eigenvalue weighted by Crippen LogP contribution is -2.69. The van der Waals surface area contributed by atoms with Gasteiger partial charge >= 0.3 is 0 Å². The molecular weight excluding hydrogens is 354 g/mol. The van der Waals surface area contributed by atoms with E-state index in [1.807, 2.05) is 0 Å². The van der Waals surface area contributed by atoms with E-state index in [9.17, 15) is 14.7 Å². The number of fused-ring (bicyclic) bond motifs is 1. The number of aliphatic hydroxyl groups is 1. The summed E-state index contributed by atoms with van der Waals surface area (Å²) in [5.41, 5.74) is 0.557. The van der Waals surface area contributed by atoms with Gasteiger partial charge in [-0.3, -0.25) is 9.59 Å². The SMILES string of the molecule is CC(=O)N[C@@H]1[C@@H](Oc2ccc(C(C)=O)cc2)O[C@H]2COC(C)(C)O[C@@H]2[C@H]1O. The van der Waals surface area contributed by atoms with Crippen molar-refractivity contribution in [2.75, 3.05) is 6.61 Å². The lowest BCUT2D eigenvalue weighted by Gasteiger charge is -2.49. The summed E-state index contributed by atoms with van der Waals surface area (Å²) in [5.74, 6) is -0.788. The van der Waals surface area contributed by atoms with Crippen molar-refractivity contribution in [3.05, 3.63) is 29.8 Å². The number of ketones is 1. The second-order valence-electron chi connectivity index (χ2n) is 7.25. The first-order valence-electron chi connectivity index (χ1n) is 8.86. The van der Waals surface area contributed by atoms with E-state index < -0.39 is 36.4 Å². The Morgan fingerprint density at radius 2 is 1.89 bits per heavy atom. The summed E-state index contributed by atoms with van der Waals surface area (Å²) in [6.07, 6.45) is -3.19. The van der Waals surface area contributed by atoms with Gasteiger partial charge < -0.3 is 29.4 Å². The third kappa shape index (κ3) is 4.47. The molecule has 2 N–H and O–H groups in total. The van der Waals surface area contributed by atoms with Gasteiger partial charge in [-0.25, -0.2) is 0 Å². The van der Waals surface area contributed by atoms with Gasteiger partial charge in [-0.05, 0) is 45.0 Å². The summed E-state index contributed by atoms with van der Waals surface area (Å²) >= 11 is 0. The van der Waals surface area contributed by atoms with Gasteiger partial charge in [-0.1, -0.05) is 0 Å². The molecule has 148 valence electrons. The van der Waals surface area contributed by atoms with E-state index >= 15 is 0 Å². The molecule has 1 aromatic carbocycles. The Hall–Kier alpha value is -2.00. The van der Waals surface area contributed by atoms with Crippen molar-refractivity contribution in [2.24, 2.45) is 0 Å². The first-order valence-corrected chi connectivity index (χ1v) is 8.86. The number of amides is 1. The number of Topliss-reactive ketones (excluding diaryl/α,β-unsaturated/α-hetero) is 1. The molecule has 2 heterocycles. The average Bonchev–Trinajstić information content (AvgIpc) is 2.59. The number of carbonyl (C=O) groups excluding carboxylic acids is 2. The Kier molecular flexibility index (Phi) is 5.53. The highest BCUT2D eigenvalue weighted by Gasteiger charge is 2.52. The smallest absolute Gasteiger partial charge is 0.223 e. The number of carbonyl (C=O) groups is 2. The summed E-state index contributed by atoms with van der Waals surface area (Å²) in [7, 11) is 0. The standard InChI is InChI=1S/C19H25NO7/c1-10(21)12-5-7-13(8-6-12)25-18-15(20-11(2)22)16(23)17-14(26-18)9-24-19(3,4)27-17/h5-8,14-18,23H,9H2,1-4H3,(H,20,22)/t14-,15-,16-,17-,18-/m0/s1. The first kappa shape index (κ1) is 19.8. The van der Waals surface area contributed by atoms with E-state index in [0.29, 0.717) is 11.3 Å².